The van der Waals surface area contributed by atoms with Gasteiger partial charge in [0.25, 0.3) is 5.91 Å². The molecule has 4 heterocycles. The normalized spacial score (nSPS) is 24.1. The molecule has 1 amide bonds. The largest absolute Gasteiger partial charge is 0.337 e. The van der Waals surface area contributed by atoms with Gasteiger partial charge in [-0.05, 0) is 49.3 Å². The van der Waals surface area contributed by atoms with Crippen LogP contribution in [0.25, 0.3) is 0 Å². The fourth-order valence-corrected chi connectivity index (χ4v) is 4.54. The predicted octanol–water partition coefficient (Wildman–Crippen LogP) is 2.58. The first-order valence-corrected chi connectivity index (χ1v) is 9.34. The summed E-state index contributed by atoms with van der Waals surface area (Å²) in [5.74, 6) is 0.739. The number of carbonyl (C=O) groups excluding carboxylic acids is 1. The van der Waals surface area contributed by atoms with Gasteiger partial charge in [-0.1, -0.05) is 22.7 Å². The molecule has 0 spiro atoms. The third-order valence-corrected chi connectivity index (χ3v) is 6.04. The molecule has 2 bridgehead atoms. The number of benzene rings is 1. The molecule has 3 aliphatic heterocycles. The van der Waals surface area contributed by atoms with E-state index in [4.69, 9.17) is 0 Å². The van der Waals surface area contributed by atoms with Crippen molar-refractivity contribution in [3.63, 3.8) is 0 Å². The number of aryl methyl sites for hydroxylation is 1. The number of amides is 1. The van der Waals surface area contributed by atoms with Gasteiger partial charge < -0.3 is 4.90 Å². The summed E-state index contributed by atoms with van der Waals surface area (Å²) in [5, 5.41) is 4.13. The molecule has 6 heteroatoms. The minimum absolute atomic E-state index is 0.171. The van der Waals surface area contributed by atoms with Crippen LogP contribution in [0.5, 0.6) is 0 Å². The van der Waals surface area contributed by atoms with Crippen molar-refractivity contribution in [2.75, 3.05) is 19.6 Å². The lowest BCUT2D eigenvalue weighted by Gasteiger charge is -2.35. The Balaban J connectivity index is 1.50. The van der Waals surface area contributed by atoms with Crippen LogP contribution in [-0.4, -0.2) is 51.0 Å². The van der Waals surface area contributed by atoms with Crippen molar-refractivity contribution in [2.45, 2.75) is 32.4 Å². The highest BCUT2D eigenvalue weighted by Crippen LogP contribution is 2.30. The smallest absolute Gasteiger partial charge is 0.253 e. The molecule has 3 fully saturated rings. The van der Waals surface area contributed by atoms with E-state index in [0.717, 1.165) is 37.4 Å². The first kappa shape index (κ1) is 15.7. The summed E-state index contributed by atoms with van der Waals surface area (Å²) in [5.41, 5.74) is 1.84. The van der Waals surface area contributed by atoms with Crippen molar-refractivity contribution in [1.82, 2.24) is 19.4 Å². The Morgan fingerprint density at radius 1 is 1.21 bits per heavy atom. The summed E-state index contributed by atoms with van der Waals surface area (Å²) in [4.78, 5) is 18.7. The quantitative estimate of drug-likeness (QED) is 0.860. The lowest BCUT2D eigenvalue weighted by molar-refractivity contribution is 0.0736. The van der Waals surface area contributed by atoms with E-state index in [0.29, 0.717) is 12.0 Å². The number of hydrogen-bond acceptors (Lipinski definition) is 5. The number of nitrogens with zero attached hydrogens (tertiary/aromatic N) is 4. The minimum Gasteiger partial charge on any atom is -0.337 e. The van der Waals surface area contributed by atoms with Crippen LogP contribution in [0.3, 0.4) is 0 Å². The second kappa shape index (κ2) is 6.61. The molecular weight excluding hydrogens is 320 g/mol. The Kier molecular flexibility index (Phi) is 4.33. The molecule has 5 rings (SSSR count). The fourth-order valence-electron chi connectivity index (χ4n) is 3.88. The summed E-state index contributed by atoms with van der Waals surface area (Å²) >= 11 is 1.50. The third-order valence-electron chi connectivity index (χ3n) is 5.23. The van der Waals surface area contributed by atoms with E-state index in [1.165, 1.54) is 29.3 Å². The standard InChI is InChI=1S/C18H22N4OS/c1-13-17(24-20-19-13)12-21-9-14-7-8-16(21)11-22(10-14)18(23)15-5-3-2-4-6-15/h2-6,14,16H,7-12H2,1H3/t14-,16-/m1/s1. The van der Waals surface area contributed by atoms with Crippen LogP contribution in [0.15, 0.2) is 30.3 Å². The first-order valence-electron chi connectivity index (χ1n) is 8.57. The molecule has 5 nitrogen and oxygen atoms in total. The van der Waals surface area contributed by atoms with Gasteiger partial charge >= 0.3 is 0 Å². The SMILES string of the molecule is Cc1nnsc1CN1C[C@H]2CC[C@@H]1CN(C(=O)c1ccccc1)C2. The molecule has 3 saturated heterocycles. The van der Waals surface area contributed by atoms with Gasteiger partial charge in [0.15, 0.2) is 0 Å². The van der Waals surface area contributed by atoms with Gasteiger partial charge in [0.05, 0.1) is 10.6 Å². The third kappa shape index (κ3) is 3.08. The van der Waals surface area contributed by atoms with Crippen LogP contribution in [-0.2, 0) is 6.54 Å². The highest BCUT2D eigenvalue weighted by Gasteiger charge is 2.36. The monoisotopic (exact) mass is 342 g/mol. The molecule has 0 N–H and O–H groups in total. The van der Waals surface area contributed by atoms with E-state index in [1.54, 1.807) is 0 Å². The zero-order valence-electron chi connectivity index (χ0n) is 13.9. The van der Waals surface area contributed by atoms with E-state index in [-0.39, 0.29) is 5.91 Å². The lowest BCUT2D eigenvalue weighted by atomic mass is 9.95. The van der Waals surface area contributed by atoms with Crippen molar-refractivity contribution in [3.8, 4) is 0 Å². The molecule has 0 radical (unpaired) electrons. The predicted molar refractivity (Wildman–Crippen MR) is 93.9 cm³/mol. The van der Waals surface area contributed by atoms with Crippen LogP contribution in [0.4, 0.5) is 0 Å². The van der Waals surface area contributed by atoms with Crippen LogP contribution < -0.4 is 0 Å². The van der Waals surface area contributed by atoms with Crippen LogP contribution in [0.1, 0.15) is 33.8 Å². The molecule has 2 aromatic rings. The molecule has 1 aromatic carbocycles. The Bertz CT molecular complexity index is 717. The maximum Gasteiger partial charge on any atom is 0.253 e. The molecule has 24 heavy (non-hydrogen) atoms. The zero-order chi connectivity index (χ0) is 16.5. The molecule has 3 aliphatic rings. The average Bonchev–Trinajstić information content (AvgIpc) is 2.83. The summed E-state index contributed by atoms with van der Waals surface area (Å²) in [6.07, 6.45) is 2.40. The Hall–Kier alpha value is -1.79. The molecule has 126 valence electrons. The Morgan fingerprint density at radius 2 is 2.04 bits per heavy atom. The van der Waals surface area contributed by atoms with Crippen molar-refractivity contribution in [2.24, 2.45) is 5.92 Å². The number of piperidine rings is 1. The van der Waals surface area contributed by atoms with E-state index >= 15 is 0 Å². The van der Waals surface area contributed by atoms with Gasteiger partial charge in [-0.15, -0.1) is 5.10 Å². The summed E-state index contributed by atoms with van der Waals surface area (Å²) < 4.78 is 4.06. The van der Waals surface area contributed by atoms with E-state index in [1.807, 2.05) is 37.3 Å². The van der Waals surface area contributed by atoms with E-state index in [2.05, 4.69) is 19.4 Å². The molecular formula is C18H22N4OS. The van der Waals surface area contributed by atoms with Gasteiger partial charge in [-0.25, -0.2) is 0 Å². The molecule has 0 aliphatic carbocycles. The Morgan fingerprint density at radius 3 is 2.79 bits per heavy atom. The van der Waals surface area contributed by atoms with Crippen LogP contribution in [0, 0.1) is 12.8 Å². The Labute approximate surface area is 146 Å². The number of rotatable bonds is 3. The van der Waals surface area contributed by atoms with Gasteiger partial charge in [0, 0.05) is 37.8 Å². The molecule has 2 atom stereocenters. The van der Waals surface area contributed by atoms with Crippen LogP contribution in [0.2, 0.25) is 0 Å². The van der Waals surface area contributed by atoms with Crippen molar-refractivity contribution in [3.05, 3.63) is 46.5 Å². The summed E-state index contributed by atoms with van der Waals surface area (Å²) in [6.45, 7) is 5.72. The molecule has 0 unspecified atom stereocenters. The van der Waals surface area contributed by atoms with E-state index in [9.17, 15) is 4.79 Å². The van der Waals surface area contributed by atoms with Gasteiger partial charge in [0.2, 0.25) is 0 Å². The first-order chi connectivity index (χ1) is 11.7. The van der Waals surface area contributed by atoms with Crippen molar-refractivity contribution >= 4 is 17.4 Å². The fraction of sp³-hybridized carbons (Fsp3) is 0.500. The van der Waals surface area contributed by atoms with Crippen LogP contribution >= 0.6 is 11.5 Å². The lowest BCUT2D eigenvalue weighted by Crippen LogP contribution is -2.43. The number of fused-ring (bicyclic) bond motifs is 4. The number of hydrogen-bond donors (Lipinski definition) is 0. The van der Waals surface area contributed by atoms with Gasteiger partial charge in [-0.2, -0.15) is 0 Å². The second-order valence-electron chi connectivity index (χ2n) is 6.88. The summed E-state index contributed by atoms with van der Waals surface area (Å²) in [7, 11) is 0. The maximum atomic E-state index is 12.8. The topological polar surface area (TPSA) is 49.3 Å². The number of aromatic nitrogens is 2. The van der Waals surface area contributed by atoms with Crippen molar-refractivity contribution < 1.29 is 4.79 Å². The average molecular weight is 342 g/mol. The van der Waals surface area contributed by atoms with Gasteiger partial charge in [0.1, 0.15) is 0 Å². The second-order valence-corrected chi connectivity index (χ2v) is 7.72. The summed E-state index contributed by atoms with van der Waals surface area (Å²) in [6, 6.07) is 10.1. The number of carbonyl (C=O) groups is 1. The van der Waals surface area contributed by atoms with Crippen molar-refractivity contribution in [1.29, 1.82) is 0 Å². The molecule has 0 saturated carbocycles. The maximum absolute atomic E-state index is 12.8. The molecule has 1 aromatic heterocycles. The van der Waals surface area contributed by atoms with Gasteiger partial charge in [-0.3, -0.25) is 9.69 Å². The highest BCUT2D eigenvalue weighted by molar-refractivity contribution is 7.05. The van der Waals surface area contributed by atoms with E-state index < -0.39 is 0 Å². The minimum atomic E-state index is 0.171. The highest BCUT2D eigenvalue weighted by atomic mass is 32.1. The zero-order valence-corrected chi connectivity index (χ0v) is 14.7.